The minimum Gasteiger partial charge on any atom is -0.496 e. The number of ether oxygens (including phenoxy) is 1. The van der Waals surface area contributed by atoms with Crippen LogP contribution < -0.4 is 10.1 Å². The zero-order valence-corrected chi connectivity index (χ0v) is 13.7. The first kappa shape index (κ1) is 16.2. The lowest BCUT2D eigenvalue weighted by Crippen LogP contribution is -2.23. The predicted molar refractivity (Wildman–Crippen MR) is 89.6 cm³/mol. The third-order valence-electron chi connectivity index (χ3n) is 3.33. The van der Waals surface area contributed by atoms with E-state index in [4.69, 9.17) is 27.9 Å². The van der Waals surface area contributed by atoms with E-state index in [1.165, 1.54) is 0 Å². The molecule has 2 aromatic carbocycles. The van der Waals surface area contributed by atoms with Crippen molar-refractivity contribution in [2.75, 3.05) is 13.7 Å². The van der Waals surface area contributed by atoms with Gasteiger partial charge in [-0.25, -0.2) is 0 Å². The summed E-state index contributed by atoms with van der Waals surface area (Å²) in [6, 6.07) is 13.8. The molecule has 0 amide bonds. The normalized spacial score (nSPS) is 12.2. The first-order valence-electron chi connectivity index (χ1n) is 6.98. The average molecular weight is 324 g/mol. The standard InChI is InChI=1S/C17H19Cl2NO/c1-3-10-20-17(12-8-9-14(18)15(19)11-12)13-6-4-5-7-16(13)21-2/h4-9,11,17,20H,3,10H2,1-2H3. The van der Waals surface area contributed by atoms with Crippen LogP contribution in [0.15, 0.2) is 42.5 Å². The lowest BCUT2D eigenvalue weighted by atomic mass is 9.97. The maximum atomic E-state index is 6.16. The van der Waals surface area contributed by atoms with Gasteiger partial charge in [0, 0.05) is 5.56 Å². The van der Waals surface area contributed by atoms with Gasteiger partial charge in [0.15, 0.2) is 0 Å². The van der Waals surface area contributed by atoms with Gasteiger partial charge in [0.05, 0.1) is 23.2 Å². The molecule has 0 bridgehead atoms. The first-order chi connectivity index (χ1) is 10.2. The van der Waals surface area contributed by atoms with Gasteiger partial charge < -0.3 is 10.1 Å². The van der Waals surface area contributed by atoms with E-state index in [0.29, 0.717) is 10.0 Å². The van der Waals surface area contributed by atoms with Crippen molar-refractivity contribution in [3.8, 4) is 5.75 Å². The van der Waals surface area contributed by atoms with Crippen LogP contribution in [0.1, 0.15) is 30.5 Å². The van der Waals surface area contributed by atoms with Gasteiger partial charge in [0.2, 0.25) is 0 Å². The molecule has 4 heteroatoms. The molecule has 0 heterocycles. The second kappa shape index (κ2) is 7.69. The Balaban J connectivity index is 2.44. The van der Waals surface area contributed by atoms with Crippen LogP contribution in [0.5, 0.6) is 5.75 Å². The molecule has 2 rings (SSSR count). The van der Waals surface area contributed by atoms with Gasteiger partial charge >= 0.3 is 0 Å². The topological polar surface area (TPSA) is 21.3 Å². The monoisotopic (exact) mass is 323 g/mol. The van der Waals surface area contributed by atoms with E-state index in [9.17, 15) is 0 Å². The fourth-order valence-electron chi connectivity index (χ4n) is 2.29. The molecule has 1 unspecified atom stereocenters. The predicted octanol–water partition coefficient (Wildman–Crippen LogP) is 5.09. The molecule has 21 heavy (non-hydrogen) atoms. The molecule has 2 nitrogen and oxygen atoms in total. The largest absolute Gasteiger partial charge is 0.496 e. The van der Waals surface area contributed by atoms with E-state index in [0.717, 1.165) is 29.8 Å². The Hall–Kier alpha value is -1.22. The lowest BCUT2D eigenvalue weighted by molar-refractivity contribution is 0.404. The summed E-state index contributed by atoms with van der Waals surface area (Å²) in [6.45, 7) is 3.05. The Bertz CT molecular complexity index is 601. The molecule has 0 aliphatic carbocycles. The average Bonchev–Trinajstić information content (AvgIpc) is 2.51. The van der Waals surface area contributed by atoms with Crippen molar-refractivity contribution in [2.45, 2.75) is 19.4 Å². The van der Waals surface area contributed by atoms with Gasteiger partial charge in [-0.15, -0.1) is 0 Å². The summed E-state index contributed by atoms with van der Waals surface area (Å²) in [4.78, 5) is 0. The summed E-state index contributed by atoms with van der Waals surface area (Å²) in [6.07, 6.45) is 1.05. The van der Waals surface area contributed by atoms with Crippen molar-refractivity contribution in [2.24, 2.45) is 0 Å². The highest BCUT2D eigenvalue weighted by Gasteiger charge is 2.18. The number of rotatable bonds is 6. The zero-order valence-electron chi connectivity index (χ0n) is 12.2. The Morgan fingerprint density at radius 2 is 1.86 bits per heavy atom. The van der Waals surface area contributed by atoms with Crippen molar-refractivity contribution in [3.05, 3.63) is 63.6 Å². The van der Waals surface area contributed by atoms with Crippen molar-refractivity contribution in [1.29, 1.82) is 0 Å². The zero-order chi connectivity index (χ0) is 15.2. The van der Waals surface area contributed by atoms with Crippen LogP contribution in [0.3, 0.4) is 0 Å². The van der Waals surface area contributed by atoms with Crippen LogP contribution in [0.2, 0.25) is 10.0 Å². The van der Waals surface area contributed by atoms with Gasteiger partial charge in [-0.2, -0.15) is 0 Å². The van der Waals surface area contributed by atoms with Crippen molar-refractivity contribution in [1.82, 2.24) is 5.32 Å². The highest BCUT2D eigenvalue weighted by Crippen LogP contribution is 2.33. The van der Waals surface area contributed by atoms with Crippen molar-refractivity contribution >= 4 is 23.2 Å². The summed E-state index contributed by atoms with van der Waals surface area (Å²) in [5, 5.41) is 4.67. The van der Waals surface area contributed by atoms with Gasteiger partial charge in [0.1, 0.15) is 5.75 Å². The summed E-state index contributed by atoms with van der Waals surface area (Å²) in [5.41, 5.74) is 2.16. The molecule has 0 aromatic heterocycles. The fraction of sp³-hybridized carbons (Fsp3) is 0.294. The van der Waals surface area contributed by atoms with Crippen molar-refractivity contribution in [3.63, 3.8) is 0 Å². The number of benzene rings is 2. The molecule has 1 atom stereocenters. The van der Waals surface area contributed by atoms with Crippen LogP contribution in [0.4, 0.5) is 0 Å². The van der Waals surface area contributed by atoms with Crippen LogP contribution in [0, 0.1) is 0 Å². The maximum Gasteiger partial charge on any atom is 0.123 e. The smallest absolute Gasteiger partial charge is 0.123 e. The maximum absolute atomic E-state index is 6.16. The number of hydrogen-bond acceptors (Lipinski definition) is 2. The Labute approximate surface area is 136 Å². The highest BCUT2D eigenvalue weighted by molar-refractivity contribution is 6.42. The first-order valence-corrected chi connectivity index (χ1v) is 7.74. The SMILES string of the molecule is CCCNC(c1ccc(Cl)c(Cl)c1)c1ccccc1OC. The van der Waals surface area contributed by atoms with Crippen LogP contribution in [0.25, 0.3) is 0 Å². The number of hydrogen-bond donors (Lipinski definition) is 1. The van der Waals surface area contributed by atoms with Gasteiger partial charge in [0.25, 0.3) is 0 Å². The summed E-state index contributed by atoms with van der Waals surface area (Å²) < 4.78 is 5.48. The fourth-order valence-corrected chi connectivity index (χ4v) is 2.60. The Morgan fingerprint density at radius 1 is 1.10 bits per heavy atom. The van der Waals surface area contributed by atoms with Crippen LogP contribution in [-0.4, -0.2) is 13.7 Å². The number of nitrogens with one attached hydrogen (secondary N) is 1. The molecule has 2 aromatic rings. The van der Waals surface area contributed by atoms with Crippen LogP contribution >= 0.6 is 23.2 Å². The second-order valence-electron chi connectivity index (χ2n) is 4.80. The minimum atomic E-state index is 0.0240. The quantitative estimate of drug-likeness (QED) is 0.799. The molecule has 0 saturated carbocycles. The highest BCUT2D eigenvalue weighted by atomic mass is 35.5. The van der Waals surface area contributed by atoms with Gasteiger partial charge in [-0.05, 0) is 36.7 Å². The summed E-state index contributed by atoms with van der Waals surface area (Å²) in [7, 11) is 1.69. The van der Waals surface area contributed by atoms with Gasteiger partial charge in [-0.1, -0.05) is 54.4 Å². The molecule has 0 aliphatic heterocycles. The number of halogens is 2. The summed E-state index contributed by atoms with van der Waals surface area (Å²) in [5.74, 6) is 0.858. The molecular weight excluding hydrogens is 305 g/mol. The molecule has 0 saturated heterocycles. The lowest BCUT2D eigenvalue weighted by Gasteiger charge is -2.22. The minimum absolute atomic E-state index is 0.0240. The van der Waals surface area contributed by atoms with E-state index in [2.05, 4.69) is 18.3 Å². The molecular formula is C17H19Cl2NO. The second-order valence-corrected chi connectivity index (χ2v) is 5.62. The van der Waals surface area contributed by atoms with E-state index in [-0.39, 0.29) is 6.04 Å². The molecule has 0 fully saturated rings. The molecule has 0 aliphatic rings. The number of para-hydroxylation sites is 1. The third-order valence-corrected chi connectivity index (χ3v) is 4.06. The number of methoxy groups -OCH3 is 1. The van der Waals surface area contributed by atoms with E-state index >= 15 is 0 Å². The Morgan fingerprint density at radius 3 is 2.52 bits per heavy atom. The molecule has 0 radical (unpaired) electrons. The van der Waals surface area contributed by atoms with Crippen molar-refractivity contribution < 1.29 is 4.74 Å². The van der Waals surface area contributed by atoms with E-state index in [1.54, 1.807) is 7.11 Å². The third kappa shape index (κ3) is 3.91. The Kier molecular flexibility index (Phi) is 5.92. The molecule has 112 valence electrons. The molecule has 1 N–H and O–H groups in total. The molecule has 0 spiro atoms. The van der Waals surface area contributed by atoms with Crippen LogP contribution in [-0.2, 0) is 0 Å². The van der Waals surface area contributed by atoms with E-state index in [1.807, 2.05) is 36.4 Å². The van der Waals surface area contributed by atoms with E-state index < -0.39 is 0 Å². The summed E-state index contributed by atoms with van der Waals surface area (Å²) >= 11 is 12.2. The van der Waals surface area contributed by atoms with Gasteiger partial charge in [-0.3, -0.25) is 0 Å².